The molecule has 2 heterocycles. The minimum atomic E-state index is -0.454. The van der Waals surface area contributed by atoms with E-state index in [0.717, 1.165) is 11.3 Å². The van der Waals surface area contributed by atoms with Gasteiger partial charge in [0.15, 0.2) is 5.78 Å². The molecule has 5 heteroatoms. The molecule has 4 nitrogen and oxygen atoms in total. The molecule has 1 aromatic heterocycles. The Hall–Kier alpha value is -1.93. The van der Waals surface area contributed by atoms with E-state index in [0.29, 0.717) is 28.4 Å². The minimum Gasteiger partial charge on any atom is -0.468 e. The number of thioether (sulfide) groups is 1. The number of allylic oxidation sites excluding steroid dienone is 3. The normalized spacial score (nSPS) is 24.8. The maximum Gasteiger partial charge on any atom is 0.161 e. The summed E-state index contributed by atoms with van der Waals surface area (Å²) in [5.74, 6) is 0.246. The van der Waals surface area contributed by atoms with Gasteiger partial charge in [0.2, 0.25) is 0 Å². The second-order valence-corrected chi connectivity index (χ2v) is 7.35. The van der Waals surface area contributed by atoms with Gasteiger partial charge in [0.1, 0.15) is 5.76 Å². The van der Waals surface area contributed by atoms with Gasteiger partial charge in [-0.2, -0.15) is 5.26 Å². The Kier molecular flexibility index (Phi) is 3.22. The fourth-order valence-electron chi connectivity index (χ4n) is 3.02. The number of furan rings is 1. The van der Waals surface area contributed by atoms with E-state index in [9.17, 15) is 10.1 Å². The third-order valence-corrected chi connectivity index (χ3v) is 4.95. The Balaban J connectivity index is 2.17. The van der Waals surface area contributed by atoms with Gasteiger partial charge in [0.25, 0.3) is 0 Å². The quantitative estimate of drug-likeness (QED) is 0.859. The number of ketones is 1. The molecule has 0 unspecified atom stereocenters. The molecule has 1 aromatic rings. The third-order valence-electron chi connectivity index (χ3n) is 3.90. The van der Waals surface area contributed by atoms with Crippen molar-refractivity contribution in [2.24, 2.45) is 11.1 Å². The van der Waals surface area contributed by atoms with Crippen molar-refractivity contribution in [2.75, 3.05) is 0 Å². The molecular formula is C16H16N2O2S. The first-order chi connectivity index (χ1) is 9.93. The molecule has 108 valence electrons. The summed E-state index contributed by atoms with van der Waals surface area (Å²) in [5.41, 5.74) is 7.10. The zero-order chi connectivity index (χ0) is 15.2. The van der Waals surface area contributed by atoms with E-state index in [1.165, 1.54) is 11.8 Å². The summed E-state index contributed by atoms with van der Waals surface area (Å²) in [6.45, 7) is 4.16. The highest BCUT2D eigenvalue weighted by atomic mass is 32.2. The van der Waals surface area contributed by atoms with Crippen LogP contribution < -0.4 is 5.73 Å². The Bertz CT molecular complexity index is 705. The zero-order valence-electron chi connectivity index (χ0n) is 12.0. The lowest BCUT2D eigenvalue weighted by atomic mass is 9.72. The van der Waals surface area contributed by atoms with Crippen molar-refractivity contribution in [3.05, 3.63) is 45.2 Å². The van der Waals surface area contributed by atoms with Crippen LogP contribution in [0.2, 0.25) is 0 Å². The third kappa shape index (κ3) is 2.30. The molecule has 1 aliphatic heterocycles. The molecule has 0 aromatic carbocycles. The number of carbonyl (C=O) groups is 1. The van der Waals surface area contributed by atoms with Crippen molar-refractivity contribution < 1.29 is 9.21 Å². The van der Waals surface area contributed by atoms with E-state index >= 15 is 0 Å². The molecule has 0 fully saturated rings. The van der Waals surface area contributed by atoms with Crippen LogP contribution in [0.15, 0.2) is 43.9 Å². The molecule has 1 aliphatic carbocycles. The fraction of sp³-hybridized carbons (Fsp3) is 0.375. The van der Waals surface area contributed by atoms with Gasteiger partial charge >= 0.3 is 0 Å². The molecule has 1 atom stereocenters. The average molecular weight is 300 g/mol. The van der Waals surface area contributed by atoms with E-state index in [1.807, 2.05) is 0 Å². The predicted molar refractivity (Wildman–Crippen MR) is 80.9 cm³/mol. The zero-order valence-corrected chi connectivity index (χ0v) is 12.8. The standard InChI is InChI=1S/C16H16N2O2S/c1-16(2)6-10(19)14-12(7-16)21-15(18)9(8-17)13(14)11-4-3-5-20-11/h3-5,13H,6-7,18H2,1-2H3/t13-/m1/s1. The molecule has 0 bridgehead atoms. The summed E-state index contributed by atoms with van der Waals surface area (Å²) < 4.78 is 5.47. The highest BCUT2D eigenvalue weighted by molar-refractivity contribution is 8.06. The van der Waals surface area contributed by atoms with Gasteiger partial charge in [-0.25, -0.2) is 0 Å². The maximum absolute atomic E-state index is 12.6. The molecule has 0 amide bonds. The van der Waals surface area contributed by atoms with Crippen LogP contribution in [-0.4, -0.2) is 5.78 Å². The van der Waals surface area contributed by atoms with Crippen LogP contribution in [0.3, 0.4) is 0 Å². The number of nitrogens with two attached hydrogens (primary N) is 1. The van der Waals surface area contributed by atoms with Crippen molar-refractivity contribution in [2.45, 2.75) is 32.6 Å². The van der Waals surface area contributed by atoms with Crippen LogP contribution in [0.4, 0.5) is 0 Å². The van der Waals surface area contributed by atoms with Crippen molar-refractivity contribution in [3.8, 4) is 6.07 Å². The van der Waals surface area contributed by atoms with Gasteiger partial charge in [0.05, 0.1) is 28.9 Å². The molecule has 0 spiro atoms. The number of Topliss-reactive ketones (excluding diaryl/α,β-unsaturated/α-hetero) is 1. The van der Waals surface area contributed by atoms with Gasteiger partial charge in [-0.05, 0) is 28.9 Å². The van der Waals surface area contributed by atoms with Gasteiger partial charge in [-0.1, -0.05) is 25.6 Å². The van der Waals surface area contributed by atoms with Gasteiger partial charge in [-0.3, -0.25) is 4.79 Å². The number of carbonyl (C=O) groups excluding carboxylic acids is 1. The first kappa shape index (κ1) is 14.0. The summed E-state index contributed by atoms with van der Waals surface area (Å²) in [6, 6.07) is 5.71. The molecule has 0 radical (unpaired) electrons. The lowest BCUT2D eigenvalue weighted by Gasteiger charge is -2.36. The van der Waals surface area contributed by atoms with E-state index < -0.39 is 5.92 Å². The number of hydrogen-bond acceptors (Lipinski definition) is 5. The Labute approximate surface area is 127 Å². The van der Waals surface area contributed by atoms with Crippen LogP contribution >= 0.6 is 11.8 Å². The number of hydrogen-bond donors (Lipinski definition) is 1. The van der Waals surface area contributed by atoms with Crippen molar-refractivity contribution >= 4 is 17.5 Å². The van der Waals surface area contributed by atoms with Crippen LogP contribution in [0.1, 0.15) is 38.4 Å². The van der Waals surface area contributed by atoms with E-state index in [4.69, 9.17) is 10.2 Å². The summed E-state index contributed by atoms with van der Waals surface area (Å²) in [5, 5.41) is 9.91. The largest absolute Gasteiger partial charge is 0.468 e. The average Bonchev–Trinajstić information content (AvgIpc) is 2.88. The first-order valence-electron chi connectivity index (χ1n) is 6.80. The Morgan fingerprint density at radius 2 is 2.24 bits per heavy atom. The van der Waals surface area contributed by atoms with Gasteiger partial charge in [0, 0.05) is 12.0 Å². The summed E-state index contributed by atoms with van der Waals surface area (Å²) in [7, 11) is 0. The topological polar surface area (TPSA) is 80.0 Å². The Morgan fingerprint density at radius 1 is 1.48 bits per heavy atom. The molecular weight excluding hydrogens is 284 g/mol. The second kappa shape index (κ2) is 4.81. The number of nitriles is 1. The van der Waals surface area contributed by atoms with Gasteiger partial charge in [-0.15, -0.1) is 0 Å². The van der Waals surface area contributed by atoms with E-state index in [2.05, 4.69) is 19.9 Å². The van der Waals surface area contributed by atoms with Crippen molar-refractivity contribution in [1.82, 2.24) is 0 Å². The second-order valence-electron chi connectivity index (χ2n) is 6.22. The lowest BCUT2D eigenvalue weighted by Crippen LogP contribution is -2.30. The SMILES string of the molecule is CC1(C)CC(=O)C2=C(C1)SC(N)=C(C#N)[C@@H]2c1ccco1. The summed E-state index contributed by atoms with van der Waals surface area (Å²) in [4.78, 5) is 13.6. The smallest absolute Gasteiger partial charge is 0.161 e. The molecule has 3 rings (SSSR count). The van der Waals surface area contributed by atoms with Crippen LogP contribution in [0.25, 0.3) is 0 Å². The highest BCUT2D eigenvalue weighted by Gasteiger charge is 2.42. The van der Waals surface area contributed by atoms with E-state index in [1.54, 1.807) is 18.4 Å². The van der Waals surface area contributed by atoms with Crippen LogP contribution in [0, 0.1) is 16.7 Å². The lowest BCUT2D eigenvalue weighted by molar-refractivity contribution is -0.118. The predicted octanol–water partition coefficient (Wildman–Crippen LogP) is 3.45. The monoisotopic (exact) mass is 300 g/mol. The van der Waals surface area contributed by atoms with E-state index in [-0.39, 0.29) is 11.2 Å². The van der Waals surface area contributed by atoms with Crippen molar-refractivity contribution in [3.63, 3.8) is 0 Å². The van der Waals surface area contributed by atoms with Crippen molar-refractivity contribution in [1.29, 1.82) is 5.26 Å². The highest BCUT2D eigenvalue weighted by Crippen LogP contribution is 2.52. The molecule has 2 aliphatic rings. The fourth-order valence-corrected chi connectivity index (χ4v) is 4.37. The minimum absolute atomic E-state index is 0.0684. The Morgan fingerprint density at radius 3 is 2.86 bits per heavy atom. The number of nitrogens with zero attached hydrogens (tertiary/aromatic N) is 1. The molecule has 21 heavy (non-hydrogen) atoms. The summed E-state index contributed by atoms with van der Waals surface area (Å²) in [6.07, 6.45) is 2.84. The number of rotatable bonds is 1. The maximum atomic E-state index is 12.6. The van der Waals surface area contributed by atoms with Crippen LogP contribution in [0.5, 0.6) is 0 Å². The first-order valence-corrected chi connectivity index (χ1v) is 7.62. The van der Waals surface area contributed by atoms with Gasteiger partial charge < -0.3 is 10.2 Å². The molecule has 2 N–H and O–H groups in total. The molecule has 0 saturated heterocycles. The summed E-state index contributed by atoms with van der Waals surface area (Å²) >= 11 is 1.36. The molecule has 0 saturated carbocycles. The van der Waals surface area contributed by atoms with Crippen LogP contribution in [-0.2, 0) is 4.79 Å².